The van der Waals surface area contributed by atoms with Crippen LogP contribution in [0.5, 0.6) is 0 Å². The van der Waals surface area contributed by atoms with Gasteiger partial charge in [-0.15, -0.1) is 0 Å². The molecular weight excluding hydrogens is 286 g/mol. The fraction of sp³-hybridized carbons (Fsp3) is 0.0625. The van der Waals surface area contributed by atoms with Crippen molar-refractivity contribution in [3.8, 4) is 11.3 Å². The maximum absolute atomic E-state index is 11.2. The van der Waals surface area contributed by atoms with Gasteiger partial charge in [-0.25, -0.2) is 0 Å². The fourth-order valence-corrected chi connectivity index (χ4v) is 2.37. The molecule has 2 heterocycles. The second-order valence-electron chi connectivity index (χ2n) is 4.62. The highest BCUT2D eigenvalue weighted by molar-refractivity contribution is 6.30. The van der Waals surface area contributed by atoms with Gasteiger partial charge in [0.15, 0.2) is 6.29 Å². The Balaban J connectivity index is 1.95. The van der Waals surface area contributed by atoms with Crippen LogP contribution in [0, 0.1) is 0 Å². The molecular formula is C16H12ClN3O. The molecule has 4 nitrogen and oxygen atoms in total. The number of aldehydes is 1. The summed E-state index contributed by atoms with van der Waals surface area (Å²) in [5, 5.41) is 5.16. The molecule has 0 N–H and O–H groups in total. The Morgan fingerprint density at radius 3 is 2.86 bits per heavy atom. The average Bonchev–Trinajstić information content (AvgIpc) is 2.91. The topological polar surface area (TPSA) is 47.8 Å². The van der Waals surface area contributed by atoms with Crippen molar-refractivity contribution in [2.24, 2.45) is 0 Å². The fourth-order valence-electron chi connectivity index (χ4n) is 2.15. The maximum Gasteiger partial charge on any atom is 0.153 e. The van der Waals surface area contributed by atoms with Crippen LogP contribution >= 0.6 is 11.6 Å². The molecule has 0 aliphatic rings. The van der Waals surface area contributed by atoms with Gasteiger partial charge in [-0.1, -0.05) is 23.7 Å². The number of benzene rings is 1. The van der Waals surface area contributed by atoms with E-state index in [0.717, 1.165) is 17.4 Å². The molecule has 0 unspecified atom stereocenters. The first-order valence-electron chi connectivity index (χ1n) is 6.44. The number of aromatic nitrogens is 3. The van der Waals surface area contributed by atoms with Crippen molar-refractivity contribution >= 4 is 17.9 Å². The number of pyridine rings is 1. The largest absolute Gasteiger partial charge is 0.298 e. The number of halogens is 1. The molecule has 3 rings (SSSR count). The lowest BCUT2D eigenvalue weighted by atomic mass is 10.1. The molecule has 0 spiro atoms. The van der Waals surface area contributed by atoms with Gasteiger partial charge in [0, 0.05) is 29.2 Å². The van der Waals surface area contributed by atoms with Gasteiger partial charge in [0.05, 0.1) is 12.1 Å². The lowest BCUT2D eigenvalue weighted by Crippen LogP contribution is -2.00. The number of carbonyl (C=O) groups excluding carboxylic acids is 1. The minimum Gasteiger partial charge on any atom is -0.298 e. The smallest absolute Gasteiger partial charge is 0.153 e. The summed E-state index contributed by atoms with van der Waals surface area (Å²) >= 11 is 5.98. The molecule has 21 heavy (non-hydrogen) atoms. The number of hydrogen-bond acceptors (Lipinski definition) is 3. The first-order valence-corrected chi connectivity index (χ1v) is 6.81. The van der Waals surface area contributed by atoms with Gasteiger partial charge >= 0.3 is 0 Å². The number of rotatable bonds is 4. The van der Waals surface area contributed by atoms with E-state index in [9.17, 15) is 4.79 Å². The van der Waals surface area contributed by atoms with E-state index in [1.54, 1.807) is 23.3 Å². The van der Waals surface area contributed by atoms with Gasteiger partial charge in [-0.2, -0.15) is 5.10 Å². The van der Waals surface area contributed by atoms with Gasteiger partial charge in [0.1, 0.15) is 5.69 Å². The van der Waals surface area contributed by atoms with Crippen molar-refractivity contribution < 1.29 is 4.79 Å². The molecule has 0 amide bonds. The maximum atomic E-state index is 11.2. The van der Waals surface area contributed by atoms with E-state index in [0.29, 0.717) is 22.8 Å². The summed E-state index contributed by atoms with van der Waals surface area (Å²) in [6.45, 7) is 0.557. The van der Waals surface area contributed by atoms with Gasteiger partial charge in [-0.3, -0.25) is 14.5 Å². The minimum atomic E-state index is 0.546. The molecule has 0 radical (unpaired) electrons. The van der Waals surface area contributed by atoms with Gasteiger partial charge in [0.25, 0.3) is 0 Å². The average molecular weight is 298 g/mol. The Labute approximate surface area is 127 Å². The summed E-state index contributed by atoms with van der Waals surface area (Å²) in [6.07, 6.45) is 5.92. The predicted octanol–water partition coefficient (Wildman–Crippen LogP) is 3.46. The minimum absolute atomic E-state index is 0.546. The van der Waals surface area contributed by atoms with Crippen LogP contribution in [0.1, 0.15) is 15.9 Å². The van der Waals surface area contributed by atoms with Crippen LogP contribution in [-0.4, -0.2) is 21.1 Å². The standard InChI is InChI=1S/C16H12ClN3O/c17-15-5-1-3-12(7-15)9-20-10-14(11-21)16(19-20)13-4-2-6-18-8-13/h1-8,10-11H,9H2. The predicted molar refractivity (Wildman–Crippen MR) is 81.4 cm³/mol. The van der Waals surface area contributed by atoms with E-state index < -0.39 is 0 Å². The summed E-state index contributed by atoms with van der Waals surface area (Å²) < 4.78 is 1.73. The van der Waals surface area contributed by atoms with Crippen molar-refractivity contribution in [1.82, 2.24) is 14.8 Å². The lowest BCUT2D eigenvalue weighted by Gasteiger charge is -2.02. The van der Waals surface area contributed by atoms with Crippen molar-refractivity contribution in [3.05, 3.63) is 71.1 Å². The third kappa shape index (κ3) is 3.01. The Hall–Kier alpha value is -2.46. The summed E-state index contributed by atoms with van der Waals surface area (Å²) in [6, 6.07) is 11.3. The second-order valence-corrected chi connectivity index (χ2v) is 5.06. The van der Waals surface area contributed by atoms with Crippen molar-refractivity contribution in [1.29, 1.82) is 0 Å². The zero-order valence-corrected chi connectivity index (χ0v) is 11.9. The van der Waals surface area contributed by atoms with Gasteiger partial charge in [-0.05, 0) is 29.8 Å². The Kier molecular flexibility index (Phi) is 3.79. The highest BCUT2D eigenvalue weighted by Gasteiger charge is 2.11. The van der Waals surface area contributed by atoms with E-state index in [1.807, 2.05) is 36.4 Å². The zero-order valence-electron chi connectivity index (χ0n) is 11.1. The Bertz CT molecular complexity index is 768. The van der Waals surface area contributed by atoms with Crippen molar-refractivity contribution in [3.63, 3.8) is 0 Å². The van der Waals surface area contributed by atoms with Crippen LogP contribution in [0.2, 0.25) is 5.02 Å². The monoisotopic (exact) mass is 297 g/mol. The molecule has 5 heteroatoms. The van der Waals surface area contributed by atoms with Crippen LogP contribution in [0.15, 0.2) is 55.0 Å². The molecule has 0 atom stereocenters. The van der Waals surface area contributed by atoms with E-state index in [4.69, 9.17) is 11.6 Å². The molecule has 1 aromatic carbocycles. The summed E-state index contributed by atoms with van der Waals surface area (Å²) in [7, 11) is 0. The Morgan fingerprint density at radius 2 is 2.14 bits per heavy atom. The van der Waals surface area contributed by atoms with Gasteiger partial charge in [0.2, 0.25) is 0 Å². The summed E-state index contributed by atoms with van der Waals surface area (Å²) in [5.41, 5.74) is 3.04. The molecule has 0 saturated carbocycles. The van der Waals surface area contributed by atoms with Crippen LogP contribution in [-0.2, 0) is 6.54 Å². The highest BCUT2D eigenvalue weighted by atomic mass is 35.5. The molecule has 0 saturated heterocycles. The molecule has 2 aromatic heterocycles. The van der Waals surface area contributed by atoms with Crippen molar-refractivity contribution in [2.75, 3.05) is 0 Å². The number of hydrogen-bond donors (Lipinski definition) is 0. The van der Waals surface area contributed by atoms with E-state index in [2.05, 4.69) is 10.1 Å². The zero-order chi connectivity index (χ0) is 14.7. The first kappa shape index (κ1) is 13.5. The molecule has 0 aliphatic heterocycles. The summed E-state index contributed by atoms with van der Waals surface area (Å²) in [4.78, 5) is 15.3. The van der Waals surface area contributed by atoms with Gasteiger partial charge < -0.3 is 0 Å². The van der Waals surface area contributed by atoms with E-state index >= 15 is 0 Å². The third-order valence-corrected chi connectivity index (χ3v) is 3.32. The van der Waals surface area contributed by atoms with Crippen LogP contribution < -0.4 is 0 Å². The quantitative estimate of drug-likeness (QED) is 0.693. The van der Waals surface area contributed by atoms with Crippen LogP contribution in [0.25, 0.3) is 11.3 Å². The number of nitrogens with zero attached hydrogens (tertiary/aromatic N) is 3. The molecule has 0 bridgehead atoms. The second kappa shape index (κ2) is 5.89. The van der Waals surface area contributed by atoms with Crippen LogP contribution in [0.4, 0.5) is 0 Å². The molecule has 0 aliphatic carbocycles. The van der Waals surface area contributed by atoms with Crippen LogP contribution in [0.3, 0.4) is 0 Å². The highest BCUT2D eigenvalue weighted by Crippen LogP contribution is 2.20. The lowest BCUT2D eigenvalue weighted by molar-refractivity contribution is 0.112. The molecule has 3 aromatic rings. The molecule has 104 valence electrons. The molecule has 0 fully saturated rings. The van der Waals surface area contributed by atoms with E-state index in [1.165, 1.54) is 0 Å². The SMILES string of the molecule is O=Cc1cn(Cc2cccc(Cl)c2)nc1-c1cccnc1. The van der Waals surface area contributed by atoms with E-state index in [-0.39, 0.29) is 0 Å². The Morgan fingerprint density at radius 1 is 1.24 bits per heavy atom. The third-order valence-electron chi connectivity index (χ3n) is 3.09. The first-order chi connectivity index (χ1) is 10.3. The normalized spacial score (nSPS) is 10.5. The number of carbonyl (C=O) groups is 1. The van der Waals surface area contributed by atoms with Crippen molar-refractivity contribution in [2.45, 2.75) is 6.54 Å². The summed E-state index contributed by atoms with van der Waals surface area (Å²) in [5.74, 6) is 0.